The summed E-state index contributed by atoms with van der Waals surface area (Å²) >= 11 is 8.17. The van der Waals surface area contributed by atoms with Crippen LogP contribution in [0.15, 0.2) is 109 Å². The zero-order valence-corrected chi connectivity index (χ0v) is 27.1. The van der Waals surface area contributed by atoms with E-state index in [2.05, 4.69) is 6.08 Å². The van der Waals surface area contributed by atoms with Gasteiger partial charge in [0.1, 0.15) is 6.04 Å². The third-order valence-electron chi connectivity index (χ3n) is 9.86. The maximum atomic E-state index is 15.0. The number of carbonyl (C=O) groups is 3. The Labute approximate surface area is 278 Å². The van der Waals surface area contributed by atoms with Crippen molar-refractivity contribution in [3.8, 4) is 0 Å². The monoisotopic (exact) mass is 653 g/mol. The zero-order chi connectivity index (χ0) is 32.1. The molecule has 2 saturated heterocycles. The van der Waals surface area contributed by atoms with E-state index >= 15 is 4.79 Å². The summed E-state index contributed by atoms with van der Waals surface area (Å²) in [5.41, 5.74) is 2.51. The molecule has 4 aliphatic heterocycles. The van der Waals surface area contributed by atoms with Crippen molar-refractivity contribution in [2.75, 3.05) is 24.6 Å². The van der Waals surface area contributed by atoms with E-state index in [9.17, 15) is 14.7 Å². The topological polar surface area (TPSA) is 81.2 Å². The molecule has 236 valence electrons. The molecule has 1 spiro atoms. The molecule has 0 bridgehead atoms. The summed E-state index contributed by atoms with van der Waals surface area (Å²) in [6.07, 6.45) is 8.39. The highest BCUT2D eigenvalue weighted by atomic mass is 35.5. The van der Waals surface area contributed by atoms with Crippen LogP contribution in [-0.2, 0) is 27.3 Å². The smallest absolute Gasteiger partial charge is 0.251 e. The number of benzene rings is 3. The van der Waals surface area contributed by atoms with Crippen molar-refractivity contribution in [3.63, 3.8) is 0 Å². The molecule has 6 atom stereocenters. The quantitative estimate of drug-likeness (QED) is 0.358. The lowest BCUT2D eigenvalue weighted by atomic mass is 9.74. The van der Waals surface area contributed by atoms with E-state index in [1.54, 1.807) is 21.9 Å². The van der Waals surface area contributed by atoms with E-state index in [1.807, 2.05) is 103 Å². The largest absolute Gasteiger partial charge is 0.394 e. The van der Waals surface area contributed by atoms with Gasteiger partial charge in [-0.3, -0.25) is 14.4 Å². The number of para-hydroxylation sites is 1. The molecular formula is C37H36ClN3O4S. The molecule has 1 unspecified atom stereocenters. The van der Waals surface area contributed by atoms with Crippen molar-refractivity contribution in [1.29, 1.82) is 0 Å². The van der Waals surface area contributed by atoms with E-state index in [1.165, 1.54) is 11.8 Å². The maximum Gasteiger partial charge on any atom is 0.251 e. The van der Waals surface area contributed by atoms with E-state index in [0.717, 1.165) is 11.1 Å². The number of carbonyl (C=O) groups excluding carboxylic acids is 3. The molecule has 7 rings (SSSR count). The number of rotatable bonds is 7. The van der Waals surface area contributed by atoms with Crippen molar-refractivity contribution in [2.45, 2.75) is 41.5 Å². The number of hydrogen-bond acceptors (Lipinski definition) is 5. The highest BCUT2D eigenvalue weighted by molar-refractivity contribution is 8.02. The summed E-state index contributed by atoms with van der Waals surface area (Å²) in [4.78, 5) is 49.6. The van der Waals surface area contributed by atoms with Crippen LogP contribution in [0.1, 0.15) is 18.1 Å². The number of fused-ring (bicyclic) bond motifs is 2. The molecule has 3 aromatic carbocycles. The number of hydrogen-bond donors (Lipinski definition) is 1. The van der Waals surface area contributed by atoms with Gasteiger partial charge in [-0.15, -0.1) is 11.8 Å². The Kier molecular flexibility index (Phi) is 8.07. The second kappa shape index (κ2) is 12.1. The number of nitrogens with zero attached hydrogens (tertiary/aromatic N) is 3. The van der Waals surface area contributed by atoms with Crippen LogP contribution in [0.3, 0.4) is 0 Å². The number of aliphatic hydroxyl groups is 1. The average Bonchev–Trinajstić information content (AvgIpc) is 3.34. The lowest BCUT2D eigenvalue weighted by Gasteiger charge is -2.40. The molecule has 0 saturated carbocycles. The fourth-order valence-electron chi connectivity index (χ4n) is 7.87. The molecule has 9 heteroatoms. The maximum absolute atomic E-state index is 15.0. The van der Waals surface area contributed by atoms with Crippen LogP contribution in [-0.4, -0.2) is 73.9 Å². The van der Waals surface area contributed by atoms with Crippen molar-refractivity contribution in [2.24, 2.45) is 11.8 Å². The molecule has 7 nitrogen and oxygen atoms in total. The van der Waals surface area contributed by atoms with E-state index in [-0.39, 0.29) is 30.9 Å². The summed E-state index contributed by atoms with van der Waals surface area (Å²) in [7, 11) is 0. The van der Waals surface area contributed by atoms with Gasteiger partial charge in [-0.25, -0.2) is 0 Å². The molecular weight excluding hydrogens is 618 g/mol. The molecule has 3 amide bonds. The van der Waals surface area contributed by atoms with Crippen molar-refractivity contribution < 1.29 is 19.5 Å². The second-order valence-electron chi connectivity index (χ2n) is 12.7. The first-order valence-electron chi connectivity index (χ1n) is 15.7. The van der Waals surface area contributed by atoms with E-state index in [0.29, 0.717) is 30.2 Å². The van der Waals surface area contributed by atoms with E-state index < -0.39 is 33.4 Å². The average molecular weight is 654 g/mol. The molecule has 1 N–H and O–H groups in total. The van der Waals surface area contributed by atoms with E-state index in [4.69, 9.17) is 11.6 Å². The third kappa shape index (κ3) is 4.98. The van der Waals surface area contributed by atoms with Crippen molar-refractivity contribution in [3.05, 3.63) is 125 Å². The lowest BCUT2D eigenvalue weighted by molar-refractivity contribution is -0.145. The Balaban J connectivity index is 1.35. The predicted molar refractivity (Wildman–Crippen MR) is 181 cm³/mol. The van der Waals surface area contributed by atoms with Gasteiger partial charge in [-0.05, 0) is 36.6 Å². The fourth-order valence-corrected chi connectivity index (χ4v) is 10.3. The first-order valence-corrected chi connectivity index (χ1v) is 16.9. The van der Waals surface area contributed by atoms with Gasteiger partial charge in [-0.2, -0.15) is 0 Å². The molecule has 46 heavy (non-hydrogen) atoms. The molecule has 0 aromatic heterocycles. The molecule has 4 aliphatic rings. The van der Waals surface area contributed by atoms with Gasteiger partial charge in [-0.1, -0.05) is 109 Å². The van der Waals surface area contributed by atoms with Gasteiger partial charge in [0.25, 0.3) is 5.91 Å². The minimum Gasteiger partial charge on any atom is -0.394 e. The SMILES string of the molecule is C[C@]12C=CCN(Cc3ccccc3)C(=O)[C@H]1[C@H]1C(=O)N([C@@H](CO)Cc3ccccc3)C3C(=O)N(c4ccccc4Cl)CC=C[C@@]31S2. The Bertz CT molecular complexity index is 1720. The van der Waals surface area contributed by atoms with Crippen LogP contribution in [0, 0.1) is 11.8 Å². The third-order valence-corrected chi connectivity index (χ3v) is 12.0. The van der Waals surface area contributed by atoms with Gasteiger partial charge in [0.05, 0.1) is 39.9 Å². The number of halogens is 1. The number of likely N-dealkylation sites (tertiary alicyclic amines) is 1. The summed E-state index contributed by atoms with van der Waals surface area (Å²) in [5.74, 6) is -2.16. The minimum absolute atomic E-state index is 0.101. The van der Waals surface area contributed by atoms with Crippen LogP contribution >= 0.6 is 23.4 Å². The molecule has 3 aromatic rings. The van der Waals surface area contributed by atoms with Gasteiger partial charge in [0.2, 0.25) is 11.8 Å². The lowest BCUT2D eigenvalue weighted by Crippen LogP contribution is -2.57. The van der Waals surface area contributed by atoms with Crippen LogP contribution in [0.5, 0.6) is 0 Å². The normalized spacial score (nSPS) is 29.3. The second-order valence-corrected chi connectivity index (χ2v) is 14.9. The van der Waals surface area contributed by atoms with Crippen LogP contribution < -0.4 is 4.90 Å². The van der Waals surface area contributed by atoms with Gasteiger partial charge < -0.3 is 19.8 Å². The highest BCUT2D eigenvalue weighted by Gasteiger charge is 2.74. The Hall–Kier alpha value is -3.85. The summed E-state index contributed by atoms with van der Waals surface area (Å²) in [5, 5.41) is 11.3. The van der Waals surface area contributed by atoms with Gasteiger partial charge >= 0.3 is 0 Å². The molecule has 4 heterocycles. The van der Waals surface area contributed by atoms with Crippen LogP contribution in [0.2, 0.25) is 5.02 Å². The molecule has 0 aliphatic carbocycles. The van der Waals surface area contributed by atoms with Crippen molar-refractivity contribution >= 4 is 46.8 Å². The van der Waals surface area contributed by atoms with Gasteiger partial charge in [0.15, 0.2) is 0 Å². The Morgan fingerprint density at radius 2 is 1.48 bits per heavy atom. The minimum atomic E-state index is -1.04. The van der Waals surface area contributed by atoms with Crippen LogP contribution in [0.25, 0.3) is 0 Å². The standard InChI is InChI=1S/C37H36ClN3O4S/c1-36-18-10-20-39(23-26-14-6-3-7-15-26)33(43)30(36)31-34(44)41(27(24-42)22-25-12-4-2-5-13-25)32-35(45)40(21-11-19-37(31,32)46-36)29-17-9-8-16-28(29)38/h2-19,27,30-32,42H,20-24H2,1H3/t27-,30-,31+,32?,36+,37+/m1/s1. The Morgan fingerprint density at radius 3 is 2.17 bits per heavy atom. The van der Waals surface area contributed by atoms with Crippen molar-refractivity contribution in [1.82, 2.24) is 9.80 Å². The highest BCUT2D eigenvalue weighted by Crippen LogP contribution is 2.66. The first-order chi connectivity index (χ1) is 22.3. The molecule has 2 fully saturated rings. The van der Waals surface area contributed by atoms with Crippen LogP contribution in [0.4, 0.5) is 5.69 Å². The first kappa shape index (κ1) is 30.8. The molecule has 0 radical (unpaired) electrons. The summed E-state index contributed by atoms with van der Waals surface area (Å²) in [6, 6.07) is 25.1. The van der Waals surface area contributed by atoms with Gasteiger partial charge in [0, 0.05) is 24.4 Å². The predicted octanol–water partition coefficient (Wildman–Crippen LogP) is 5.13. The number of anilines is 1. The number of amides is 3. The fraction of sp³-hybridized carbons (Fsp3) is 0.324. The summed E-state index contributed by atoms with van der Waals surface area (Å²) < 4.78 is -1.77. The number of thioether (sulfide) groups is 1. The summed E-state index contributed by atoms with van der Waals surface area (Å²) in [6.45, 7) is 2.81. The zero-order valence-electron chi connectivity index (χ0n) is 25.5. The number of aliphatic hydroxyl groups excluding tert-OH is 1. The Morgan fingerprint density at radius 1 is 0.826 bits per heavy atom.